The van der Waals surface area contributed by atoms with Crippen LogP contribution < -0.4 is 5.32 Å². The first-order valence-corrected chi connectivity index (χ1v) is 7.01. The third-order valence-corrected chi connectivity index (χ3v) is 4.08. The van der Waals surface area contributed by atoms with Gasteiger partial charge >= 0.3 is 0 Å². The monoisotopic (exact) mass is 237 g/mol. The molecule has 1 fully saturated rings. The molecule has 1 aromatic rings. The van der Waals surface area contributed by atoms with Gasteiger partial charge in [-0.1, -0.05) is 18.2 Å². The first-order valence-electron chi connectivity index (χ1n) is 5.78. The number of aliphatic hydroxyl groups is 1. The predicted molar refractivity (Wildman–Crippen MR) is 69.0 cm³/mol. The Balaban J connectivity index is 2.12. The molecular formula is C13H19NOS. The van der Waals surface area contributed by atoms with Crippen LogP contribution in [0.5, 0.6) is 0 Å². The van der Waals surface area contributed by atoms with Crippen LogP contribution in [0.1, 0.15) is 18.4 Å². The molecule has 2 N–H and O–H groups in total. The van der Waals surface area contributed by atoms with Crippen molar-refractivity contribution in [3.8, 4) is 0 Å². The second-order valence-electron chi connectivity index (χ2n) is 4.46. The van der Waals surface area contributed by atoms with Crippen LogP contribution in [0.15, 0.2) is 29.2 Å². The molecule has 0 spiro atoms. The van der Waals surface area contributed by atoms with Gasteiger partial charge in [0.05, 0.1) is 5.60 Å². The lowest BCUT2D eigenvalue weighted by molar-refractivity contribution is 0.0104. The summed E-state index contributed by atoms with van der Waals surface area (Å²) in [7, 11) is 0. The van der Waals surface area contributed by atoms with E-state index in [-0.39, 0.29) is 0 Å². The molecule has 2 nitrogen and oxygen atoms in total. The van der Waals surface area contributed by atoms with Crippen molar-refractivity contribution in [2.24, 2.45) is 0 Å². The van der Waals surface area contributed by atoms with Crippen LogP contribution in [-0.4, -0.2) is 30.1 Å². The van der Waals surface area contributed by atoms with Crippen LogP contribution >= 0.6 is 11.8 Å². The highest BCUT2D eigenvalue weighted by Gasteiger charge is 2.29. The Labute approximate surface area is 101 Å². The zero-order valence-corrected chi connectivity index (χ0v) is 10.5. The molecule has 16 heavy (non-hydrogen) atoms. The SMILES string of the molecule is CSc1ccccc1CC1(O)CCNCC1. The Kier molecular flexibility index (Phi) is 3.90. The molecule has 1 saturated heterocycles. The lowest BCUT2D eigenvalue weighted by atomic mass is 9.86. The Bertz CT molecular complexity index is 348. The second kappa shape index (κ2) is 5.21. The summed E-state index contributed by atoms with van der Waals surface area (Å²) in [4.78, 5) is 1.29. The molecule has 3 heteroatoms. The summed E-state index contributed by atoms with van der Waals surface area (Å²) < 4.78 is 0. The van der Waals surface area contributed by atoms with E-state index in [1.54, 1.807) is 11.8 Å². The molecular weight excluding hydrogens is 218 g/mol. The van der Waals surface area contributed by atoms with Gasteiger partial charge in [0.25, 0.3) is 0 Å². The summed E-state index contributed by atoms with van der Waals surface area (Å²) in [5.41, 5.74) is 0.774. The fraction of sp³-hybridized carbons (Fsp3) is 0.538. The van der Waals surface area contributed by atoms with Crippen LogP contribution in [0, 0.1) is 0 Å². The number of piperidine rings is 1. The average Bonchev–Trinajstić information content (AvgIpc) is 2.30. The molecule has 0 radical (unpaired) electrons. The highest BCUT2D eigenvalue weighted by Crippen LogP contribution is 2.28. The zero-order valence-electron chi connectivity index (χ0n) is 9.70. The Hall–Kier alpha value is -0.510. The number of nitrogens with one attached hydrogen (secondary N) is 1. The minimum atomic E-state index is -0.503. The van der Waals surface area contributed by atoms with Crippen LogP contribution in [0.4, 0.5) is 0 Å². The minimum Gasteiger partial charge on any atom is -0.389 e. The molecule has 0 bridgehead atoms. The van der Waals surface area contributed by atoms with Crippen LogP contribution in [0.2, 0.25) is 0 Å². The van der Waals surface area contributed by atoms with Gasteiger partial charge in [0.15, 0.2) is 0 Å². The molecule has 0 atom stereocenters. The van der Waals surface area contributed by atoms with Crippen molar-refractivity contribution in [1.82, 2.24) is 5.32 Å². The third-order valence-electron chi connectivity index (χ3n) is 3.25. The standard InChI is InChI=1S/C13H19NOS/c1-16-12-5-3-2-4-11(12)10-13(15)6-8-14-9-7-13/h2-5,14-15H,6-10H2,1H3. The van der Waals surface area contributed by atoms with E-state index in [0.717, 1.165) is 32.4 Å². The number of thioether (sulfide) groups is 1. The van der Waals surface area contributed by atoms with E-state index in [1.165, 1.54) is 10.5 Å². The molecule has 1 aliphatic heterocycles. The zero-order chi connectivity index (χ0) is 11.4. The quantitative estimate of drug-likeness (QED) is 0.789. The lowest BCUT2D eigenvalue weighted by Crippen LogP contribution is -2.43. The molecule has 1 aliphatic rings. The molecule has 1 aromatic carbocycles. The van der Waals surface area contributed by atoms with Gasteiger partial charge in [0.2, 0.25) is 0 Å². The maximum atomic E-state index is 10.5. The topological polar surface area (TPSA) is 32.3 Å². The van der Waals surface area contributed by atoms with Crippen molar-refractivity contribution in [3.05, 3.63) is 29.8 Å². The van der Waals surface area contributed by atoms with Crippen molar-refractivity contribution in [2.75, 3.05) is 19.3 Å². The van der Waals surface area contributed by atoms with E-state index in [9.17, 15) is 5.11 Å². The maximum Gasteiger partial charge on any atom is 0.0712 e. The molecule has 0 aromatic heterocycles. The van der Waals surface area contributed by atoms with Gasteiger partial charge < -0.3 is 10.4 Å². The molecule has 2 rings (SSSR count). The molecule has 0 aliphatic carbocycles. The summed E-state index contributed by atoms with van der Waals surface area (Å²) in [5.74, 6) is 0. The van der Waals surface area contributed by atoms with E-state index in [0.29, 0.717) is 0 Å². The summed E-state index contributed by atoms with van der Waals surface area (Å²) in [6, 6.07) is 8.37. The van der Waals surface area contributed by atoms with E-state index >= 15 is 0 Å². The highest BCUT2D eigenvalue weighted by molar-refractivity contribution is 7.98. The number of benzene rings is 1. The molecule has 0 saturated carbocycles. The maximum absolute atomic E-state index is 10.5. The molecule has 88 valence electrons. The summed E-state index contributed by atoms with van der Waals surface area (Å²) in [6.45, 7) is 1.86. The van der Waals surface area contributed by atoms with Gasteiger partial charge in [-0.15, -0.1) is 11.8 Å². The Morgan fingerprint density at radius 2 is 2.00 bits per heavy atom. The van der Waals surface area contributed by atoms with Crippen molar-refractivity contribution >= 4 is 11.8 Å². The second-order valence-corrected chi connectivity index (χ2v) is 5.31. The van der Waals surface area contributed by atoms with E-state index in [4.69, 9.17) is 0 Å². The van der Waals surface area contributed by atoms with Gasteiger partial charge in [-0.25, -0.2) is 0 Å². The van der Waals surface area contributed by atoms with Crippen molar-refractivity contribution in [3.63, 3.8) is 0 Å². The van der Waals surface area contributed by atoms with Crippen LogP contribution in [0.25, 0.3) is 0 Å². The number of hydrogen-bond donors (Lipinski definition) is 2. The molecule has 0 unspecified atom stereocenters. The Morgan fingerprint density at radius 3 is 2.69 bits per heavy atom. The van der Waals surface area contributed by atoms with Gasteiger partial charge in [-0.3, -0.25) is 0 Å². The van der Waals surface area contributed by atoms with Crippen molar-refractivity contribution < 1.29 is 5.11 Å². The fourth-order valence-corrected chi connectivity index (χ4v) is 2.89. The van der Waals surface area contributed by atoms with E-state index in [1.807, 2.05) is 0 Å². The summed E-state index contributed by atoms with van der Waals surface area (Å²) >= 11 is 1.76. The average molecular weight is 237 g/mol. The van der Waals surface area contributed by atoms with Gasteiger partial charge in [0, 0.05) is 11.3 Å². The Morgan fingerprint density at radius 1 is 1.31 bits per heavy atom. The van der Waals surface area contributed by atoms with E-state index in [2.05, 4.69) is 35.8 Å². The summed E-state index contributed by atoms with van der Waals surface area (Å²) in [6.07, 6.45) is 4.59. The minimum absolute atomic E-state index is 0.503. The number of hydrogen-bond acceptors (Lipinski definition) is 3. The third kappa shape index (κ3) is 2.78. The largest absolute Gasteiger partial charge is 0.389 e. The van der Waals surface area contributed by atoms with Gasteiger partial charge in [-0.2, -0.15) is 0 Å². The summed E-state index contributed by atoms with van der Waals surface area (Å²) in [5, 5.41) is 13.8. The lowest BCUT2D eigenvalue weighted by Gasteiger charge is -2.33. The van der Waals surface area contributed by atoms with Crippen molar-refractivity contribution in [2.45, 2.75) is 29.8 Å². The van der Waals surface area contributed by atoms with Crippen LogP contribution in [-0.2, 0) is 6.42 Å². The van der Waals surface area contributed by atoms with Crippen molar-refractivity contribution in [1.29, 1.82) is 0 Å². The first kappa shape index (κ1) is 12.0. The fourth-order valence-electron chi connectivity index (χ4n) is 2.27. The smallest absolute Gasteiger partial charge is 0.0712 e. The normalized spacial score (nSPS) is 19.6. The predicted octanol–water partition coefficient (Wildman–Crippen LogP) is 2.07. The highest BCUT2D eigenvalue weighted by atomic mass is 32.2. The molecule has 0 amide bonds. The first-order chi connectivity index (χ1) is 7.73. The van der Waals surface area contributed by atoms with E-state index < -0.39 is 5.60 Å². The van der Waals surface area contributed by atoms with Gasteiger partial charge in [-0.05, 0) is 43.8 Å². The number of rotatable bonds is 3. The van der Waals surface area contributed by atoms with Crippen LogP contribution in [0.3, 0.4) is 0 Å². The van der Waals surface area contributed by atoms with Gasteiger partial charge in [0.1, 0.15) is 0 Å². The molecule has 1 heterocycles.